The Morgan fingerprint density at radius 1 is 1.03 bits per heavy atom. The summed E-state index contributed by atoms with van der Waals surface area (Å²) in [7, 11) is 1.50. The maximum atomic E-state index is 13.7. The van der Waals surface area contributed by atoms with Gasteiger partial charge >= 0.3 is 5.97 Å². The van der Waals surface area contributed by atoms with Crippen LogP contribution in [0.2, 0.25) is 0 Å². The van der Waals surface area contributed by atoms with Crippen molar-refractivity contribution in [2.45, 2.75) is 49.2 Å². The molecule has 0 radical (unpaired) electrons. The second kappa shape index (κ2) is 10.5. The first kappa shape index (κ1) is 24.2. The summed E-state index contributed by atoms with van der Waals surface area (Å²) in [6.07, 6.45) is 3.04. The highest BCUT2D eigenvalue weighted by molar-refractivity contribution is 7.89. The summed E-state index contributed by atoms with van der Waals surface area (Å²) >= 11 is 0. The van der Waals surface area contributed by atoms with Crippen molar-refractivity contribution in [2.75, 3.05) is 21.2 Å². The second-order valence-electron chi connectivity index (χ2n) is 8.53. The predicted molar refractivity (Wildman–Crippen MR) is 123 cm³/mol. The van der Waals surface area contributed by atoms with Gasteiger partial charge in [-0.3, -0.25) is 4.79 Å². The van der Waals surface area contributed by atoms with Gasteiger partial charge in [0.2, 0.25) is 10.0 Å². The largest absolute Gasteiger partial charge is 0.497 e. The van der Waals surface area contributed by atoms with Crippen LogP contribution in [0.1, 0.15) is 31.2 Å². The summed E-state index contributed by atoms with van der Waals surface area (Å²) in [6, 6.07) is 14.5. The molecule has 8 heteroatoms. The molecular weight excluding hydrogens is 428 g/mol. The minimum Gasteiger partial charge on any atom is -0.497 e. The highest BCUT2D eigenvalue weighted by Gasteiger charge is 2.42. The Balaban J connectivity index is 1.98. The van der Waals surface area contributed by atoms with Crippen LogP contribution in [0.4, 0.5) is 0 Å². The predicted octanol–water partition coefficient (Wildman–Crippen LogP) is 3.46. The molecule has 1 fully saturated rings. The number of aliphatic carboxylic acids is 1. The van der Waals surface area contributed by atoms with Gasteiger partial charge in [0.25, 0.3) is 0 Å². The highest BCUT2D eigenvalue weighted by Crippen LogP contribution is 2.34. The van der Waals surface area contributed by atoms with E-state index in [1.165, 1.54) is 23.5 Å². The van der Waals surface area contributed by atoms with Crippen molar-refractivity contribution < 1.29 is 23.1 Å². The molecule has 0 aromatic heterocycles. The van der Waals surface area contributed by atoms with Crippen molar-refractivity contribution in [3.8, 4) is 5.75 Å². The Labute approximate surface area is 190 Å². The smallest absolute Gasteiger partial charge is 0.322 e. The summed E-state index contributed by atoms with van der Waals surface area (Å²) in [5.74, 6) is -0.817. The average Bonchev–Trinajstić information content (AvgIpc) is 2.79. The van der Waals surface area contributed by atoms with E-state index in [1.54, 1.807) is 12.1 Å². The van der Waals surface area contributed by atoms with Crippen molar-refractivity contribution in [3.63, 3.8) is 0 Å². The SMILES string of the molecule is COc1ccc(S(=O)(=O)N(Cc2ccccc2)[C@@H](C(=O)O)C2CCC(N(C)C)CC2)cc1. The molecule has 0 aliphatic heterocycles. The van der Waals surface area contributed by atoms with E-state index in [1.807, 2.05) is 44.4 Å². The molecule has 1 aliphatic carbocycles. The third-order valence-corrected chi connectivity index (χ3v) is 8.17. The van der Waals surface area contributed by atoms with Crippen molar-refractivity contribution in [1.29, 1.82) is 0 Å². The Bertz CT molecular complexity index is 985. The van der Waals surface area contributed by atoms with Crippen LogP contribution in [0.25, 0.3) is 0 Å². The number of benzene rings is 2. The zero-order valence-electron chi connectivity index (χ0n) is 18.8. The molecule has 0 bridgehead atoms. The van der Waals surface area contributed by atoms with Crippen LogP contribution in [0.5, 0.6) is 5.75 Å². The molecular formula is C24H32N2O5S. The number of methoxy groups -OCH3 is 1. The molecule has 7 nitrogen and oxygen atoms in total. The fourth-order valence-electron chi connectivity index (χ4n) is 4.47. The maximum absolute atomic E-state index is 13.7. The molecule has 174 valence electrons. The number of nitrogens with zero attached hydrogens (tertiary/aromatic N) is 2. The molecule has 2 aromatic carbocycles. The Kier molecular flexibility index (Phi) is 7.92. The van der Waals surface area contributed by atoms with Crippen molar-refractivity contribution in [2.24, 2.45) is 5.92 Å². The number of ether oxygens (including phenoxy) is 1. The van der Waals surface area contributed by atoms with E-state index in [0.29, 0.717) is 24.6 Å². The minimum atomic E-state index is -4.06. The van der Waals surface area contributed by atoms with Gasteiger partial charge in [0.1, 0.15) is 11.8 Å². The lowest BCUT2D eigenvalue weighted by molar-refractivity contribution is -0.144. The van der Waals surface area contributed by atoms with Gasteiger partial charge < -0.3 is 14.7 Å². The van der Waals surface area contributed by atoms with E-state index in [4.69, 9.17) is 4.74 Å². The number of carbonyl (C=O) groups is 1. The molecule has 1 N–H and O–H groups in total. The molecule has 0 amide bonds. The van der Waals surface area contributed by atoms with Crippen molar-refractivity contribution >= 4 is 16.0 Å². The number of carboxylic acids is 1. The maximum Gasteiger partial charge on any atom is 0.322 e. The number of rotatable bonds is 9. The molecule has 0 unspecified atom stereocenters. The van der Waals surface area contributed by atoms with Crippen LogP contribution in [0.15, 0.2) is 59.5 Å². The number of carboxylic acid groups (broad SMARTS) is 1. The van der Waals surface area contributed by atoms with E-state index in [2.05, 4.69) is 4.90 Å². The van der Waals surface area contributed by atoms with Crippen molar-refractivity contribution in [3.05, 3.63) is 60.2 Å². The van der Waals surface area contributed by atoms with Crippen molar-refractivity contribution in [1.82, 2.24) is 9.21 Å². The quantitative estimate of drug-likeness (QED) is 0.617. The van der Waals surface area contributed by atoms with Crippen LogP contribution >= 0.6 is 0 Å². The fourth-order valence-corrected chi connectivity index (χ4v) is 6.10. The van der Waals surface area contributed by atoms with Gasteiger partial charge in [-0.1, -0.05) is 30.3 Å². The molecule has 0 saturated heterocycles. The van der Waals surface area contributed by atoms with Gasteiger partial charge in [-0.05, 0) is 75.5 Å². The first-order valence-electron chi connectivity index (χ1n) is 10.8. The molecule has 1 saturated carbocycles. The standard InChI is InChI=1S/C24H32N2O5S/c1-25(2)20-11-9-19(10-12-20)23(24(27)28)26(17-18-7-5-4-6-8-18)32(29,30)22-15-13-21(31-3)14-16-22/h4-8,13-16,19-20,23H,9-12,17H2,1-3H3,(H,27,28)/t19?,20?,23-/m1/s1. The minimum absolute atomic E-state index is 0.000220. The molecule has 0 spiro atoms. The highest BCUT2D eigenvalue weighted by atomic mass is 32.2. The molecule has 1 atom stereocenters. The lowest BCUT2D eigenvalue weighted by Crippen LogP contribution is -2.50. The van der Waals surface area contributed by atoms with E-state index in [0.717, 1.165) is 18.4 Å². The van der Waals surface area contributed by atoms with E-state index < -0.39 is 22.0 Å². The molecule has 2 aromatic rings. The average molecular weight is 461 g/mol. The van der Waals surface area contributed by atoms with Gasteiger partial charge in [0.05, 0.1) is 12.0 Å². The summed E-state index contributed by atoms with van der Waals surface area (Å²) < 4.78 is 33.7. The normalized spacial score (nSPS) is 20.3. The molecule has 3 rings (SSSR count). The lowest BCUT2D eigenvalue weighted by Gasteiger charge is -2.38. The monoisotopic (exact) mass is 460 g/mol. The van der Waals surface area contributed by atoms with Crippen LogP contribution in [-0.2, 0) is 21.4 Å². The van der Waals surface area contributed by atoms with Crippen LogP contribution in [0, 0.1) is 5.92 Å². The second-order valence-corrected chi connectivity index (χ2v) is 10.4. The molecule has 1 aliphatic rings. The van der Waals surface area contributed by atoms with E-state index >= 15 is 0 Å². The first-order valence-corrected chi connectivity index (χ1v) is 12.3. The third-order valence-electron chi connectivity index (χ3n) is 6.33. The summed E-state index contributed by atoms with van der Waals surface area (Å²) in [5, 5.41) is 10.2. The van der Waals surface area contributed by atoms with Gasteiger partial charge in [-0.25, -0.2) is 8.42 Å². The molecule has 32 heavy (non-hydrogen) atoms. The number of sulfonamides is 1. The summed E-state index contributed by atoms with van der Waals surface area (Å²) in [5.41, 5.74) is 0.748. The summed E-state index contributed by atoms with van der Waals surface area (Å²) in [4.78, 5) is 14.7. The van der Waals surface area contributed by atoms with E-state index in [-0.39, 0.29) is 17.4 Å². The summed E-state index contributed by atoms with van der Waals surface area (Å²) in [6.45, 7) is -0.000220. The van der Waals surface area contributed by atoms with Gasteiger partial charge in [0, 0.05) is 12.6 Å². The van der Waals surface area contributed by atoms with Crippen LogP contribution in [0.3, 0.4) is 0 Å². The van der Waals surface area contributed by atoms with Gasteiger partial charge in [0.15, 0.2) is 0 Å². The van der Waals surface area contributed by atoms with Gasteiger partial charge in [-0.15, -0.1) is 0 Å². The van der Waals surface area contributed by atoms with Crippen LogP contribution < -0.4 is 4.74 Å². The topological polar surface area (TPSA) is 87.2 Å². The third kappa shape index (κ3) is 5.49. The molecule has 0 heterocycles. The zero-order valence-corrected chi connectivity index (χ0v) is 19.7. The zero-order chi connectivity index (χ0) is 23.3. The number of hydrogen-bond acceptors (Lipinski definition) is 5. The lowest BCUT2D eigenvalue weighted by atomic mass is 9.81. The fraction of sp³-hybridized carbons (Fsp3) is 0.458. The number of hydrogen-bond donors (Lipinski definition) is 1. The van der Waals surface area contributed by atoms with E-state index in [9.17, 15) is 18.3 Å². The van der Waals surface area contributed by atoms with Gasteiger partial charge in [-0.2, -0.15) is 4.31 Å². The Morgan fingerprint density at radius 2 is 1.62 bits per heavy atom. The Morgan fingerprint density at radius 3 is 2.12 bits per heavy atom. The van der Waals surface area contributed by atoms with Crippen LogP contribution in [-0.4, -0.2) is 62.0 Å². The Hall–Kier alpha value is -2.42. The first-order chi connectivity index (χ1) is 15.2.